The van der Waals surface area contributed by atoms with E-state index in [-0.39, 0.29) is 38.4 Å². The van der Waals surface area contributed by atoms with Crippen LogP contribution in [-0.4, -0.2) is 58.6 Å². The molecule has 0 aromatic rings. The zero-order chi connectivity index (χ0) is 35.3. The van der Waals surface area contributed by atoms with Gasteiger partial charge >= 0.3 is 0 Å². The van der Waals surface area contributed by atoms with Gasteiger partial charge in [-0.1, -0.05) is 177 Å². The predicted octanol–water partition coefficient (Wildman–Crippen LogP) is 11.4. The van der Waals surface area contributed by atoms with E-state index in [4.69, 9.17) is 10.2 Å². The molecule has 0 spiro atoms. The van der Waals surface area contributed by atoms with Crippen LogP contribution in [0.5, 0.6) is 0 Å². The van der Waals surface area contributed by atoms with Crippen molar-refractivity contribution in [2.45, 2.75) is 216 Å². The number of aliphatic hydroxyl groups excluding tert-OH is 5. The molecule has 5 heteroatoms. The van der Waals surface area contributed by atoms with Gasteiger partial charge in [0.15, 0.2) is 0 Å². The van der Waals surface area contributed by atoms with Crippen LogP contribution in [0.15, 0.2) is 0 Å². The van der Waals surface area contributed by atoms with Crippen LogP contribution in [0.3, 0.4) is 0 Å². The Hall–Kier alpha value is -0.200. The molecule has 5 N–H and O–H groups in total. The summed E-state index contributed by atoms with van der Waals surface area (Å²) in [6.45, 7) is 18.4. The highest BCUT2D eigenvalue weighted by molar-refractivity contribution is 4.79. The first-order valence-corrected chi connectivity index (χ1v) is 19.9. The molecule has 0 saturated heterocycles. The Morgan fingerprint density at radius 1 is 0.311 bits per heavy atom. The van der Waals surface area contributed by atoms with Gasteiger partial charge < -0.3 is 25.5 Å². The van der Waals surface area contributed by atoms with E-state index in [0.717, 1.165) is 38.5 Å². The molecular weight excluding hydrogens is 560 g/mol. The monoisotopic (exact) mass is 651 g/mol. The number of aliphatic hydroxyl groups is 5. The van der Waals surface area contributed by atoms with Crippen molar-refractivity contribution in [1.82, 2.24) is 0 Å². The maximum absolute atomic E-state index is 9.22. The second-order valence-corrected chi connectivity index (χ2v) is 12.9. The molecule has 5 nitrogen and oxygen atoms in total. The molecule has 0 aromatic carbocycles. The van der Waals surface area contributed by atoms with Crippen molar-refractivity contribution in [2.75, 3.05) is 33.0 Å². The molecular formula is C40H90O5. The third kappa shape index (κ3) is 53.6. The normalized spacial score (nSPS) is 10.5. The Bertz CT molecular complexity index is 362. The van der Waals surface area contributed by atoms with E-state index in [0.29, 0.717) is 25.2 Å². The molecule has 0 aromatic heterocycles. The Morgan fingerprint density at radius 3 is 0.778 bits per heavy atom. The minimum atomic E-state index is -0.165. The van der Waals surface area contributed by atoms with Crippen molar-refractivity contribution in [3.05, 3.63) is 0 Å². The van der Waals surface area contributed by atoms with Crippen LogP contribution in [-0.2, 0) is 0 Å². The first-order valence-electron chi connectivity index (χ1n) is 19.9. The summed E-state index contributed by atoms with van der Waals surface area (Å²) in [6.07, 6.45) is 29.3. The molecule has 280 valence electrons. The molecule has 45 heavy (non-hydrogen) atoms. The van der Waals surface area contributed by atoms with Gasteiger partial charge in [-0.15, -0.1) is 0 Å². The Morgan fingerprint density at radius 2 is 0.578 bits per heavy atom. The van der Waals surface area contributed by atoms with Gasteiger partial charge in [0.1, 0.15) is 0 Å². The number of hydrogen-bond acceptors (Lipinski definition) is 5. The van der Waals surface area contributed by atoms with Gasteiger partial charge in [0.2, 0.25) is 0 Å². The second kappa shape index (κ2) is 53.3. The molecule has 0 aliphatic rings. The zero-order valence-corrected chi connectivity index (χ0v) is 32.5. The summed E-state index contributed by atoms with van der Waals surface area (Å²) in [5.74, 6) is 0.364. The van der Waals surface area contributed by atoms with Gasteiger partial charge in [-0.3, -0.25) is 0 Å². The lowest BCUT2D eigenvalue weighted by Gasteiger charge is -2.32. The molecule has 0 saturated carbocycles. The van der Waals surface area contributed by atoms with Gasteiger partial charge in [-0.05, 0) is 49.9 Å². The molecule has 0 aliphatic carbocycles. The minimum Gasteiger partial charge on any atom is -0.396 e. The third-order valence-corrected chi connectivity index (χ3v) is 8.40. The van der Waals surface area contributed by atoms with E-state index in [1.807, 2.05) is 0 Å². The summed E-state index contributed by atoms with van der Waals surface area (Å²) in [4.78, 5) is 0. The fraction of sp³-hybridized carbons (Fsp3) is 1.00. The fourth-order valence-corrected chi connectivity index (χ4v) is 5.19. The van der Waals surface area contributed by atoms with Gasteiger partial charge in [0.05, 0.1) is 0 Å². The van der Waals surface area contributed by atoms with Gasteiger partial charge in [0, 0.05) is 33.0 Å². The van der Waals surface area contributed by atoms with E-state index >= 15 is 0 Å². The number of rotatable bonds is 27. The van der Waals surface area contributed by atoms with Crippen molar-refractivity contribution >= 4 is 0 Å². The highest BCUT2D eigenvalue weighted by Crippen LogP contribution is 2.36. The van der Waals surface area contributed by atoms with Crippen molar-refractivity contribution in [3.63, 3.8) is 0 Å². The molecule has 0 aliphatic heterocycles. The van der Waals surface area contributed by atoms with Gasteiger partial charge in [-0.2, -0.15) is 0 Å². The molecule has 0 amide bonds. The fourth-order valence-electron chi connectivity index (χ4n) is 5.19. The molecule has 0 radical (unpaired) electrons. The third-order valence-electron chi connectivity index (χ3n) is 8.40. The minimum absolute atomic E-state index is 0.0810. The summed E-state index contributed by atoms with van der Waals surface area (Å²) in [6, 6.07) is 0. The quantitative estimate of drug-likeness (QED) is 0.0569. The van der Waals surface area contributed by atoms with Crippen LogP contribution in [0.4, 0.5) is 0 Å². The van der Waals surface area contributed by atoms with Crippen molar-refractivity contribution in [1.29, 1.82) is 0 Å². The van der Waals surface area contributed by atoms with E-state index in [9.17, 15) is 15.3 Å². The maximum atomic E-state index is 9.22. The van der Waals surface area contributed by atoms with Crippen LogP contribution in [0.2, 0.25) is 0 Å². The largest absolute Gasteiger partial charge is 0.396 e. The molecule has 0 fully saturated rings. The average molecular weight is 651 g/mol. The van der Waals surface area contributed by atoms with Crippen LogP contribution < -0.4 is 0 Å². The standard InChI is InChI=1S/C16H34O5.4C6H14/c17-10-4-15(5-11-18)3-1-2-6-16(7-12-19,8-13-20)9-14-21;4*1-3-5-6-4-2/h15,17-21H,1-14H2;4*3-6H2,1-2H3. The summed E-state index contributed by atoms with van der Waals surface area (Å²) in [5, 5.41) is 45.7. The van der Waals surface area contributed by atoms with E-state index < -0.39 is 0 Å². The van der Waals surface area contributed by atoms with E-state index in [1.54, 1.807) is 0 Å². The Kier molecular flexibility index (Phi) is 64.3. The van der Waals surface area contributed by atoms with Crippen LogP contribution in [0.25, 0.3) is 0 Å². The topological polar surface area (TPSA) is 101 Å². The maximum Gasteiger partial charge on any atom is 0.0436 e. The predicted molar refractivity (Wildman–Crippen MR) is 202 cm³/mol. The molecule has 0 rings (SSSR count). The van der Waals surface area contributed by atoms with Gasteiger partial charge in [0.25, 0.3) is 0 Å². The summed E-state index contributed by atoms with van der Waals surface area (Å²) < 4.78 is 0. The lowest BCUT2D eigenvalue weighted by molar-refractivity contribution is 0.0878. The highest BCUT2D eigenvalue weighted by Gasteiger charge is 2.28. The van der Waals surface area contributed by atoms with Crippen LogP contribution in [0, 0.1) is 11.3 Å². The first-order chi connectivity index (χ1) is 21.8. The molecule has 0 atom stereocenters. The Balaban J connectivity index is -0.000000179. The van der Waals surface area contributed by atoms with Crippen molar-refractivity contribution in [2.24, 2.45) is 11.3 Å². The summed E-state index contributed by atoms with van der Waals surface area (Å²) in [5.41, 5.74) is -0.165. The SMILES string of the molecule is CCCCCC.CCCCCC.CCCCCC.CCCCCC.OCCC(CCO)CCCCC(CCO)(CCO)CCO. The molecule has 0 bridgehead atoms. The highest BCUT2D eigenvalue weighted by atomic mass is 16.3. The zero-order valence-electron chi connectivity index (χ0n) is 32.5. The molecule has 0 heterocycles. The average Bonchev–Trinajstić information content (AvgIpc) is 3.04. The second-order valence-electron chi connectivity index (χ2n) is 12.9. The number of hydrogen-bond donors (Lipinski definition) is 5. The number of unbranched alkanes of at least 4 members (excludes halogenated alkanes) is 13. The van der Waals surface area contributed by atoms with Gasteiger partial charge in [-0.25, -0.2) is 0 Å². The van der Waals surface area contributed by atoms with Crippen molar-refractivity contribution in [3.8, 4) is 0 Å². The van der Waals surface area contributed by atoms with E-state index in [2.05, 4.69) is 55.4 Å². The first kappa shape index (κ1) is 54.3. The van der Waals surface area contributed by atoms with Crippen LogP contribution >= 0.6 is 0 Å². The van der Waals surface area contributed by atoms with Crippen molar-refractivity contribution < 1.29 is 25.5 Å². The summed E-state index contributed by atoms with van der Waals surface area (Å²) >= 11 is 0. The van der Waals surface area contributed by atoms with E-state index in [1.165, 1.54) is 103 Å². The summed E-state index contributed by atoms with van der Waals surface area (Å²) in [7, 11) is 0. The lowest BCUT2D eigenvalue weighted by atomic mass is 9.74. The van der Waals surface area contributed by atoms with Crippen LogP contribution in [0.1, 0.15) is 216 Å². The molecule has 0 unspecified atom stereocenters. The Labute approximate surface area is 285 Å². The smallest absolute Gasteiger partial charge is 0.0436 e. The lowest BCUT2D eigenvalue weighted by Crippen LogP contribution is -2.25.